The van der Waals surface area contributed by atoms with Crippen molar-refractivity contribution in [1.29, 1.82) is 0 Å². The van der Waals surface area contributed by atoms with Gasteiger partial charge in [0, 0.05) is 6.04 Å². The summed E-state index contributed by atoms with van der Waals surface area (Å²) in [5.41, 5.74) is 5.70. The lowest BCUT2D eigenvalue weighted by atomic mass is 9.78. The third-order valence-corrected chi connectivity index (χ3v) is 5.46. The molecule has 1 heterocycles. The zero-order chi connectivity index (χ0) is 14.5. The van der Waals surface area contributed by atoms with Crippen molar-refractivity contribution in [3.8, 4) is 0 Å². The van der Waals surface area contributed by atoms with Gasteiger partial charge in [-0.25, -0.2) is 0 Å². The second kappa shape index (κ2) is 8.96. The van der Waals surface area contributed by atoms with E-state index in [0.717, 1.165) is 44.8 Å². The highest BCUT2D eigenvalue weighted by Gasteiger charge is 2.28. The monoisotopic (exact) mass is 317 g/mol. The van der Waals surface area contributed by atoms with Crippen molar-refractivity contribution >= 4 is 18.3 Å². The van der Waals surface area contributed by atoms with Crippen molar-refractivity contribution in [1.82, 2.24) is 10.2 Å². The second-order valence-electron chi connectivity index (χ2n) is 6.90. The van der Waals surface area contributed by atoms with Crippen molar-refractivity contribution in [2.75, 3.05) is 26.2 Å². The minimum absolute atomic E-state index is 0. The molecule has 3 unspecified atom stereocenters. The number of nitrogens with one attached hydrogen (secondary N) is 1. The summed E-state index contributed by atoms with van der Waals surface area (Å²) < 4.78 is 0. The molecule has 3 N–H and O–H groups in total. The summed E-state index contributed by atoms with van der Waals surface area (Å²) in [6.45, 7) is 7.98. The second-order valence-corrected chi connectivity index (χ2v) is 6.90. The van der Waals surface area contributed by atoms with Gasteiger partial charge in [-0.05, 0) is 56.7 Å². The van der Waals surface area contributed by atoms with Crippen LogP contribution in [-0.2, 0) is 4.79 Å². The Kier molecular flexibility index (Phi) is 7.99. The molecule has 0 bridgehead atoms. The number of rotatable bonds is 4. The Morgan fingerprint density at radius 2 is 1.86 bits per heavy atom. The number of hydrogen-bond donors (Lipinski definition) is 2. The van der Waals surface area contributed by atoms with Crippen molar-refractivity contribution in [3.05, 3.63) is 0 Å². The molecule has 1 aliphatic carbocycles. The van der Waals surface area contributed by atoms with Gasteiger partial charge in [-0.1, -0.05) is 26.7 Å². The third kappa shape index (κ3) is 5.42. The average Bonchev–Trinajstić information content (AvgIpc) is 2.45. The van der Waals surface area contributed by atoms with Gasteiger partial charge < -0.3 is 11.1 Å². The van der Waals surface area contributed by atoms with Crippen LogP contribution in [0, 0.1) is 17.8 Å². The molecule has 0 radical (unpaired) electrons. The largest absolute Gasteiger partial charge is 0.352 e. The molecule has 5 heteroatoms. The number of hydrogen-bond acceptors (Lipinski definition) is 3. The van der Waals surface area contributed by atoms with Gasteiger partial charge in [0.1, 0.15) is 0 Å². The van der Waals surface area contributed by atoms with Crippen LogP contribution < -0.4 is 11.1 Å². The van der Waals surface area contributed by atoms with Gasteiger partial charge in [0.25, 0.3) is 0 Å². The molecule has 1 saturated heterocycles. The van der Waals surface area contributed by atoms with Crippen molar-refractivity contribution in [2.24, 2.45) is 23.5 Å². The van der Waals surface area contributed by atoms with Crippen molar-refractivity contribution in [3.63, 3.8) is 0 Å². The van der Waals surface area contributed by atoms with E-state index in [4.69, 9.17) is 5.73 Å². The van der Waals surface area contributed by atoms with Crippen LogP contribution in [0.4, 0.5) is 0 Å². The van der Waals surface area contributed by atoms with E-state index in [2.05, 4.69) is 24.1 Å². The first kappa shape index (κ1) is 18.7. The minimum atomic E-state index is 0. The van der Waals surface area contributed by atoms with Gasteiger partial charge in [0.15, 0.2) is 0 Å². The van der Waals surface area contributed by atoms with E-state index in [1.807, 2.05) is 0 Å². The van der Waals surface area contributed by atoms with E-state index >= 15 is 0 Å². The first-order chi connectivity index (χ1) is 9.60. The molecule has 2 fully saturated rings. The molecule has 124 valence electrons. The molecular formula is C16H32ClN3O. The van der Waals surface area contributed by atoms with E-state index in [-0.39, 0.29) is 18.3 Å². The zero-order valence-electron chi connectivity index (χ0n) is 13.5. The van der Waals surface area contributed by atoms with Gasteiger partial charge in [0.2, 0.25) is 5.91 Å². The van der Waals surface area contributed by atoms with E-state index in [0.29, 0.717) is 24.4 Å². The molecule has 4 nitrogen and oxygen atoms in total. The average molecular weight is 318 g/mol. The summed E-state index contributed by atoms with van der Waals surface area (Å²) in [4.78, 5) is 14.5. The Balaban J connectivity index is 0.00000220. The van der Waals surface area contributed by atoms with Crippen LogP contribution in [0.15, 0.2) is 0 Å². The third-order valence-electron chi connectivity index (χ3n) is 5.46. The number of nitrogens with two attached hydrogens (primary N) is 1. The summed E-state index contributed by atoms with van der Waals surface area (Å²) in [6, 6.07) is 0.382. The number of amides is 1. The molecule has 2 rings (SSSR count). The summed E-state index contributed by atoms with van der Waals surface area (Å²) >= 11 is 0. The van der Waals surface area contributed by atoms with Crippen LogP contribution in [0.3, 0.4) is 0 Å². The molecule has 1 saturated carbocycles. The number of piperidine rings is 1. The molecule has 1 amide bonds. The molecule has 3 atom stereocenters. The summed E-state index contributed by atoms with van der Waals surface area (Å²) in [5, 5.41) is 3.27. The number of carbonyl (C=O) groups excluding carboxylic acids is 1. The quantitative estimate of drug-likeness (QED) is 0.834. The molecule has 21 heavy (non-hydrogen) atoms. The Bertz CT molecular complexity index is 319. The van der Waals surface area contributed by atoms with Crippen molar-refractivity contribution in [2.45, 2.75) is 52.0 Å². The molecule has 0 aromatic carbocycles. The fourth-order valence-corrected chi connectivity index (χ4v) is 3.62. The number of likely N-dealkylation sites (tertiary alicyclic amines) is 1. The first-order valence-electron chi connectivity index (χ1n) is 8.32. The van der Waals surface area contributed by atoms with Crippen molar-refractivity contribution < 1.29 is 4.79 Å². The normalized spacial score (nSPS) is 31.5. The van der Waals surface area contributed by atoms with Gasteiger partial charge in [-0.2, -0.15) is 0 Å². The highest BCUT2D eigenvalue weighted by atomic mass is 35.5. The van der Waals surface area contributed by atoms with E-state index < -0.39 is 0 Å². The Morgan fingerprint density at radius 3 is 2.48 bits per heavy atom. The van der Waals surface area contributed by atoms with Crippen LogP contribution in [0.1, 0.15) is 46.0 Å². The van der Waals surface area contributed by atoms with Crippen LogP contribution in [-0.4, -0.2) is 43.0 Å². The Labute approximate surface area is 135 Å². The number of halogens is 1. The highest BCUT2D eigenvalue weighted by Crippen LogP contribution is 2.29. The zero-order valence-corrected chi connectivity index (χ0v) is 14.3. The van der Waals surface area contributed by atoms with E-state index in [1.54, 1.807) is 0 Å². The maximum absolute atomic E-state index is 12.2. The van der Waals surface area contributed by atoms with Crippen LogP contribution >= 0.6 is 12.4 Å². The summed E-state index contributed by atoms with van der Waals surface area (Å²) in [6.07, 6.45) is 5.98. The lowest BCUT2D eigenvalue weighted by molar-refractivity contribution is -0.124. The lowest BCUT2D eigenvalue weighted by Crippen LogP contribution is -2.48. The van der Waals surface area contributed by atoms with Gasteiger partial charge >= 0.3 is 0 Å². The molecule has 0 aromatic heterocycles. The Hall–Kier alpha value is -0.320. The smallest absolute Gasteiger partial charge is 0.234 e. The predicted molar refractivity (Wildman–Crippen MR) is 89.6 cm³/mol. The number of nitrogens with zero attached hydrogens (tertiary/aromatic N) is 1. The molecule has 1 aliphatic heterocycles. The van der Waals surface area contributed by atoms with Crippen LogP contribution in [0.2, 0.25) is 0 Å². The van der Waals surface area contributed by atoms with Crippen LogP contribution in [0.5, 0.6) is 0 Å². The van der Waals surface area contributed by atoms with E-state index in [1.165, 1.54) is 12.8 Å². The summed E-state index contributed by atoms with van der Waals surface area (Å²) in [7, 11) is 0. The molecular weight excluding hydrogens is 286 g/mol. The fraction of sp³-hybridized carbons (Fsp3) is 0.938. The maximum atomic E-state index is 12.2. The minimum Gasteiger partial charge on any atom is -0.352 e. The highest BCUT2D eigenvalue weighted by molar-refractivity contribution is 5.85. The van der Waals surface area contributed by atoms with Gasteiger partial charge in [0.05, 0.1) is 6.54 Å². The number of carbonyl (C=O) groups is 1. The van der Waals surface area contributed by atoms with Gasteiger partial charge in [-0.15, -0.1) is 12.4 Å². The van der Waals surface area contributed by atoms with Gasteiger partial charge in [-0.3, -0.25) is 9.69 Å². The van der Waals surface area contributed by atoms with E-state index in [9.17, 15) is 4.79 Å². The predicted octanol–water partition coefficient (Wildman–Crippen LogP) is 2.02. The fourth-order valence-electron chi connectivity index (χ4n) is 3.62. The topological polar surface area (TPSA) is 58.4 Å². The first-order valence-corrected chi connectivity index (χ1v) is 8.32. The molecule has 0 aromatic rings. The lowest BCUT2D eigenvalue weighted by Gasteiger charge is -2.36. The maximum Gasteiger partial charge on any atom is 0.234 e. The SMILES string of the molecule is CC1CCCC(NC(=O)CN2CCC(CN)CC2)C1C.Cl. The summed E-state index contributed by atoms with van der Waals surface area (Å²) in [5.74, 6) is 2.21. The standard InChI is InChI=1S/C16H31N3O.ClH/c1-12-4-3-5-15(13(12)2)18-16(20)11-19-8-6-14(10-17)7-9-19;/h12-15H,3-11,17H2,1-2H3,(H,18,20);1H. The Morgan fingerprint density at radius 1 is 1.19 bits per heavy atom. The molecule has 2 aliphatic rings. The van der Waals surface area contributed by atoms with Crippen LogP contribution in [0.25, 0.3) is 0 Å². The molecule has 0 spiro atoms.